The van der Waals surface area contributed by atoms with E-state index in [1.54, 1.807) is 48.6 Å². The van der Waals surface area contributed by atoms with Gasteiger partial charge in [0.2, 0.25) is 0 Å². The van der Waals surface area contributed by atoms with Crippen LogP contribution >= 0.6 is 0 Å². The summed E-state index contributed by atoms with van der Waals surface area (Å²) < 4.78 is 19.5. The van der Waals surface area contributed by atoms with Crippen molar-refractivity contribution in [1.82, 2.24) is 19.5 Å². The normalized spacial score (nSPS) is 12.7. The zero-order valence-electron chi connectivity index (χ0n) is 28.2. The average Bonchev–Trinajstić information content (AvgIpc) is 3.28. The molecule has 243 valence electrons. The van der Waals surface area contributed by atoms with Gasteiger partial charge < -0.3 is 24.5 Å². The molecule has 0 saturated carbocycles. The molecule has 0 atom stereocenters. The molecule has 0 fully saturated rings. The maximum Gasteiger partial charge on any atom is 0.416 e. The summed E-state index contributed by atoms with van der Waals surface area (Å²) in [4.78, 5) is 34.7. The lowest BCUT2D eigenvalue weighted by Gasteiger charge is -2.48. The summed E-state index contributed by atoms with van der Waals surface area (Å²) in [7, 11) is -2.04. The lowest BCUT2D eigenvalue weighted by Crippen LogP contribution is -2.47. The predicted octanol–water partition coefficient (Wildman–Crippen LogP) is 6.98. The lowest BCUT2D eigenvalue weighted by molar-refractivity contribution is 0.0221. The van der Waals surface area contributed by atoms with Gasteiger partial charge in [-0.2, -0.15) is 5.10 Å². The van der Waals surface area contributed by atoms with Crippen LogP contribution in [0.3, 0.4) is 0 Å². The SMILES string of the molecule is CC(C)(C)OC(=O)N(CCO[Si-](C)(C)C(C)(C)C)CCN(C(=O)OC(C)(C)C)c1ccn2ncc(-c3cccc(N)c3)c2n1. The van der Waals surface area contributed by atoms with Crippen LogP contribution in [-0.4, -0.2) is 77.4 Å². The van der Waals surface area contributed by atoms with Crippen LogP contribution in [0.5, 0.6) is 0 Å². The summed E-state index contributed by atoms with van der Waals surface area (Å²) in [5.74, 6) is 0.360. The van der Waals surface area contributed by atoms with Gasteiger partial charge in [0.05, 0.1) is 6.20 Å². The molecule has 2 heterocycles. The highest BCUT2D eigenvalue weighted by Crippen LogP contribution is 2.36. The van der Waals surface area contributed by atoms with Gasteiger partial charge in [0.15, 0.2) is 5.65 Å². The first kappa shape index (κ1) is 34.8. The standard InChI is InChI=1S/C32H50N6O5Si/c1-30(2,3)42-28(39)36(19-20-41-44(10,11)32(7,8)9)17-18-37(29(40)43-31(4,5)6)26-15-16-38-27(35-26)25(22-34-38)23-13-12-14-24(33)21-23/h12-16,21-22H,17-20,33H2,1-11H3/q-1. The fourth-order valence-corrected chi connectivity index (χ4v) is 5.04. The van der Waals surface area contributed by atoms with Crippen LogP contribution in [0.2, 0.25) is 18.1 Å². The van der Waals surface area contributed by atoms with Crippen LogP contribution in [0.1, 0.15) is 62.3 Å². The first-order valence-corrected chi connectivity index (χ1v) is 17.9. The Morgan fingerprint density at radius 3 is 2.14 bits per heavy atom. The molecule has 44 heavy (non-hydrogen) atoms. The second-order valence-electron chi connectivity index (χ2n) is 14.4. The number of carbonyl (C=O) groups is 2. The summed E-state index contributed by atoms with van der Waals surface area (Å²) in [6.45, 7) is 22.7. The van der Waals surface area contributed by atoms with E-state index in [1.165, 1.54) is 4.90 Å². The zero-order valence-corrected chi connectivity index (χ0v) is 29.2. The predicted molar refractivity (Wildman–Crippen MR) is 177 cm³/mol. The topological polar surface area (TPSA) is 125 Å². The molecule has 11 nitrogen and oxygen atoms in total. The summed E-state index contributed by atoms with van der Waals surface area (Å²) in [6, 6.07) is 9.15. The smallest absolute Gasteiger partial charge is 0.416 e. The van der Waals surface area contributed by atoms with Crippen molar-refractivity contribution >= 4 is 37.7 Å². The number of nitrogens with zero attached hydrogens (tertiary/aromatic N) is 5. The van der Waals surface area contributed by atoms with Crippen molar-refractivity contribution in [2.45, 2.75) is 91.6 Å². The van der Waals surface area contributed by atoms with Crippen LogP contribution in [0.25, 0.3) is 16.8 Å². The minimum absolute atomic E-state index is 0.0273. The third kappa shape index (κ3) is 9.43. The maximum absolute atomic E-state index is 13.6. The number of amides is 2. The highest BCUT2D eigenvalue weighted by molar-refractivity contribution is 6.74. The number of benzene rings is 1. The number of aromatic nitrogens is 3. The van der Waals surface area contributed by atoms with Gasteiger partial charge in [-0.15, -0.1) is 18.1 Å². The Morgan fingerprint density at radius 1 is 0.909 bits per heavy atom. The molecular weight excluding hydrogens is 576 g/mol. The Hall–Kier alpha value is -3.64. The van der Waals surface area contributed by atoms with Crippen LogP contribution in [0.4, 0.5) is 21.1 Å². The quantitative estimate of drug-likeness (QED) is 0.199. The Balaban J connectivity index is 1.94. The molecule has 0 unspecified atom stereocenters. The van der Waals surface area contributed by atoms with E-state index < -0.39 is 31.7 Å². The number of hydrogen-bond acceptors (Lipinski definition) is 8. The molecule has 0 bridgehead atoms. The van der Waals surface area contributed by atoms with Crippen LogP contribution in [-0.2, 0) is 13.9 Å². The molecule has 0 saturated heterocycles. The van der Waals surface area contributed by atoms with E-state index in [9.17, 15) is 9.59 Å². The van der Waals surface area contributed by atoms with E-state index >= 15 is 0 Å². The van der Waals surface area contributed by atoms with Gasteiger partial charge in [-0.1, -0.05) is 32.9 Å². The molecule has 0 radical (unpaired) electrons. The number of rotatable bonds is 9. The average molecular weight is 627 g/mol. The third-order valence-electron chi connectivity index (χ3n) is 7.32. The number of carbonyl (C=O) groups excluding carboxylic acids is 2. The highest BCUT2D eigenvalue weighted by Gasteiger charge is 2.29. The first-order chi connectivity index (χ1) is 20.2. The van der Waals surface area contributed by atoms with E-state index in [1.807, 2.05) is 45.0 Å². The van der Waals surface area contributed by atoms with E-state index in [0.29, 0.717) is 30.3 Å². The Morgan fingerprint density at radius 2 is 1.55 bits per heavy atom. The van der Waals surface area contributed by atoms with Crippen molar-refractivity contribution in [2.24, 2.45) is 0 Å². The van der Waals surface area contributed by atoms with Crippen molar-refractivity contribution in [2.75, 3.05) is 36.9 Å². The first-order valence-electron chi connectivity index (χ1n) is 15.0. The molecule has 2 aromatic heterocycles. The van der Waals surface area contributed by atoms with Gasteiger partial charge >= 0.3 is 12.2 Å². The van der Waals surface area contributed by atoms with Crippen molar-refractivity contribution in [3.05, 3.63) is 42.7 Å². The molecule has 2 amide bonds. The molecular formula is C32H50N6O5Si-. The van der Waals surface area contributed by atoms with Crippen LogP contribution in [0.15, 0.2) is 42.7 Å². The van der Waals surface area contributed by atoms with Gasteiger partial charge in [0, 0.05) is 43.7 Å². The third-order valence-corrected chi connectivity index (χ3v) is 11.9. The Labute approximate surface area is 262 Å². The molecule has 0 aliphatic heterocycles. The van der Waals surface area contributed by atoms with Crippen molar-refractivity contribution in [1.29, 1.82) is 0 Å². The summed E-state index contributed by atoms with van der Waals surface area (Å²) in [5, 5.41) is 4.46. The monoisotopic (exact) mass is 626 g/mol. The van der Waals surface area contributed by atoms with E-state index in [-0.39, 0.29) is 18.1 Å². The fraction of sp³-hybridized carbons (Fsp3) is 0.562. The number of hydrogen-bond donors (Lipinski definition) is 1. The zero-order chi connectivity index (χ0) is 33.1. The Bertz CT molecular complexity index is 1450. The second kappa shape index (κ2) is 13.2. The summed E-state index contributed by atoms with van der Waals surface area (Å²) >= 11 is 0. The molecule has 12 heteroatoms. The summed E-state index contributed by atoms with van der Waals surface area (Å²) in [6.07, 6.45) is 2.39. The maximum atomic E-state index is 13.6. The number of ether oxygens (including phenoxy) is 2. The lowest BCUT2D eigenvalue weighted by atomic mass is 10.1. The van der Waals surface area contributed by atoms with Crippen molar-refractivity contribution in [3.8, 4) is 11.1 Å². The fourth-order valence-electron chi connectivity index (χ4n) is 4.00. The number of anilines is 2. The minimum atomic E-state index is -2.04. The molecule has 3 rings (SSSR count). The molecule has 1 aromatic carbocycles. The van der Waals surface area contributed by atoms with Gasteiger partial charge in [-0.05, 0) is 73.6 Å². The van der Waals surface area contributed by atoms with Crippen LogP contribution in [0, 0.1) is 0 Å². The Kier molecular flexibility index (Phi) is 10.4. The van der Waals surface area contributed by atoms with Gasteiger partial charge in [0.25, 0.3) is 0 Å². The number of nitrogens with two attached hydrogens (primary N) is 1. The molecule has 0 aliphatic rings. The highest BCUT2D eigenvalue weighted by atomic mass is 28.4. The van der Waals surface area contributed by atoms with Crippen molar-refractivity contribution in [3.63, 3.8) is 0 Å². The van der Waals surface area contributed by atoms with Gasteiger partial charge in [-0.3, -0.25) is 4.90 Å². The molecule has 0 aliphatic carbocycles. The van der Waals surface area contributed by atoms with Crippen LogP contribution < -0.4 is 10.6 Å². The molecule has 3 aromatic rings. The van der Waals surface area contributed by atoms with E-state index in [2.05, 4.69) is 39.0 Å². The molecule has 0 spiro atoms. The number of nitrogen functional groups attached to an aromatic ring is 1. The van der Waals surface area contributed by atoms with E-state index in [0.717, 1.165) is 11.1 Å². The van der Waals surface area contributed by atoms with E-state index in [4.69, 9.17) is 24.6 Å². The molecule has 2 N–H and O–H groups in total. The van der Waals surface area contributed by atoms with Gasteiger partial charge in [-0.25, -0.2) is 19.1 Å². The number of fused-ring (bicyclic) bond motifs is 1. The van der Waals surface area contributed by atoms with Crippen molar-refractivity contribution < 1.29 is 23.5 Å². The largest absolute Gasteiger partial charge is 0.563 e. The summed E-state index contributed by atoms with van der Waals surface area (Å²) in [5.41, 5.74) is 7.38. The second-order valence-corrected chi connectivity index (χ2v) is 19.3. The van der Waals surface area contributed by atoms with Gasteiger partial charge in [0.1, 0.15) is 17.0 Å². The minimum Gasteiger partial charge on any atom is -0.563 e.